The summed E-state index contributed by atoms with van der Waals surface area (Å²) < 4.78 is 0. The van der Waals surface area contributed by atoms with Crippen LogP contribution in [0.5, 0.6) is 0 Å². The molecular formula is C9H18N2O2. The van der Waals surface area contributed by atoms with Gasteiger partial charge in [-0.3, -0.25) is 9.69 Å². The van der Waals surface area contributed by atoms with E-state index in [0.717, 1.165) is 26.2 Å². The van der Waals surface area contributed by atoms with E-state index < -0.39 is 0 Å². The first-order chi connectivity index (χ1) is 6.15. The summed E-state index contributed by atoms with van der Waals surface area (Å²) in [5.74, 6) is 0.149. The second kappa shape index (κ2) is 4.58. The van der Waals surface area contributed by atoms with E-state index in [-0.39, 0.29) is 18.6 Å². The van der Waals surface area contributed by atoms with Crippen LogP contribution in [0.1, 0.15) is 13.8 Å². The third-order valence-corrected chi connectivity index (χ3v) is 2.53. The third kappa shape index (κ3) is 2.67. The highest BCUT2D eigenvalue weighted by Crippen LogP contribution is 2.08. The molecule has 4 nitrogen and oxygen atoms in total. The van der Waals surface area contributed by atoms with Crippen LogP contribution in [0.25, 0.3) is 0 Å². The van der Waals surface area contributed by atoms with E-state index in [4.69, 9.17) is 5.11 Å². The molecule has 0 spiro atoms. The Morgan fingerprint density at radius 1 is 1.54 bits per heavy atom. The number of aliphatic hydroxyl groups excluding tert-OH is 1. The van der Waals surface area contributed by atoms with Crippen molar-refractivity contribution in [1.29, 1.82) is 0 Å². The summed E-state index contributed by atoms with van der Waals surface area (Å²) in [6.45, 7) is 7.12. The molecule has 1 saturated heterocycles. The molecule has 1 N–H and O–H groups in total. The molecule has 1 aliphatic heterocycles. The zero-order valence-electron chi connectivity index (χ0n) is 8.36. The fourth-order valence-electron chi connectivity index (χ4n) is 1.85. The number of hydrogen-bond donors (Lipinski definition) is 1. The topological polar surface area (TPSA) is 43.8 Å². The minimum atomic E-state index is 0.149. The zero-order valence-corrected chi connectivity index (χ0v) is 8.36. The molecule has 76 valence electrons. The van der Waals surface area contributed by atoms with Gasteiger partial charge in [0.15, 0.2) is 0 Å². The number of piperazine rings is 1. The van der Waals surface area contributed by atoms with Crippen LogP contribution < -0.4 is 0 Å². The molecule has 1 aliphatic rings. The van der Waals surface area contributed by atoms with E-state index in [1.807, 2.05) is 11.8 Å². The van der Waals surface area contributed by atoms with E-state index in [1.165, 1.54) is 0 Å². The van der Waals surface area contributed by atoms with Crippen molar-refractivity contribution in [3.63, 3.8) is 0 Å². The average molecular weight is 186 g/mol. The number of amides is 1. The number of β-amino-alcohol motifs (C(OH)–C–C–N with tert-alkyl or cyclic N) is 1. The molecule has 1 rings (SSSR count). The number of hydrogen-bond acceptors (Lipinski definition) is 3. The number of nitrogens with zero attached hydrogens (tertiary/aromatic N) is 2. The van der Waals surface area contributed by atoms with Crippen LogP contribution in [0.4, 0.5) is 0 Å². The van der Waals surface area contributed by atoms with E-state index in [0.29, 0.717) is 0 Å². The van der Waals surface area contributed by atoms with Gasteiger partial charge >= 0.3 is 0 Å². The van der Waals surface area contributed by atoms with Crippen LogP contribution in [0.2, 0.25) is 0 Å². The molecule has 1 atom stereocenters. The standard InChI is InChI=1S/C9H18N2O2/c1-8-7-10(5-6-12)3-4-11(8)9(2)13/h8,12H,3-7H2,1-2H3/t8-/m1/s1. The lowest BCUT2D eigenvalue weighted by molar-refractivity contribution is -0.133. The van der Waals surface area contributed by atoms with Crippen molar-refractivity contribution in [3.8, 4) is 0 Å². The maximum absolute atomic E-state index is 11.1. The van der Waals surface area contributed by atoms with E-state index in [2.05, 4.69) is 4.90 Å². The first-order valence-electron chi connectivity index (χ1n) is 4.75. The van der Waals surface area contributed by atoms with Crippen LogP contribution in [0.15, 0.2) is 0 Å². The second-order valence-electron chi connectivity index (χ2n) is 3.59. The van der Waals surface area contributed by atoms with Crippen LogP contribution >= 0.6 is 0 Å². The number of carbonyl (C=O) groups excluding carboxylic acids is 1. The first-order valence-corrected chi connectivity index (χ1v) is 4.75. The zero-order chi connectivity index (χ0) is 9.84. The average Bonchev–Trinajstić information content (AvgIpc) is 2.04. The molecular weight excluding hydrogens is 168 g/mol. The van der Waals surface area contributed by atoms with Gasteiger partial charge in [-0.15, -0.1) is 0 Å². The fourth-order valence-corrected chi connectivity index (χ4v) is 1.85. The maximum atomic E-state index is 11.1. The van der Waals surface area contributed by atoms with Crippen LogP contribution in [-0.4, -0.2) is 59.6 Å². The normalized spacial score (nSPS) is 24.8. The lowest BCUT2D eigenvalue weighted by Gasteiger charge is -2.39. The molecule has 0 unspecified atom stereocenters. The van der Waals surface area contributed by atoms with Gasteiger partial charge in [0, 0.05) is 39.1 Å². The number of aliphatic hydroxyl groups is 1. The van der Waals surface area contributed by atoms with Gasteiger partial charge in [0.2, 0.25) is 5.91 Å². The molecule has 1 fully saturated rings. The maximum Gasteiger partial charge on any atom is 0.219 e. The highest BCUT2D eigenvalue weighted by atomic mass is 16.3. The lowest BCUT2D eigenvalue weighted by Crippen LogP contribution is -2.53. The summed E-state index contributed by atoms with van der Waals surface area (Å²) in [5, 5.41) is 8.76. The quantitative estimate of drug-likeness (QED) is 0.634. The van der Waals surface area contributed by atoms with Gasteiger partial charge in [0.25, 0.3) is 0 Å². The summed E-state index contributed by atoms with van der Waals surface area (Å²) in [4.78, 5) is 15.2. The second-order valence-corrected chi connectivity index (χ2v) is 3.59. The molecule has 0 aromatic rings. The van der Waals surface area contributed by atoms with Crippen LogP contribution in [-0.2, 0) is 4.79 Å². The largest absolute Gasteiger partial charge is 0.395 e. The van der Waals surface area contributed by atoms with Gasteiger partial charge in [-0.05, 0) is 6.92 Å². The Labute approximate surface area is 79.1 Å². The summed E-state index contributed by atoms with van der Waals surface area (Å²) >= 11 is 0. The van der Waals surface area contributed by atoms with Crippen molar-refractivity contribution >= 4 is 5.91 Å². The molecule has 0 saturated carbocycles. The number of carbonyl (C=O) groups is 1. The van der Waals surface area contributed by atoms with Crippen molar-refractivity contribution in [2.45, 2.75) is 19.9 Å². The fraction of sp³-hybridized carbons (Fsp3) is 0.889. The van der Waals surface area contributed by atoms with Gasteiger partial charge in [-0.1, -0.05) is 0 Å². The van der Waals surface area contributed by atoms with Crippen molar-refractivity contribution in [2.24, 2.45) is 0 Å². The minimum Gasteiger partial charge on any atom is -0.395 e. The molecule has 0 aliphatic carbocycles. The Balaban J connectivity index is 2.42. The third-order valence-electron chi connectivity index (χ3n) is 2.53. The Bertz CT molecular complexity index is 184. The van der Waals surface area contributed by atoms with Crippen LogP contribution in [0, 0.1) is 0 Å². The lowest BCUT2D eigenvalue weighted by atomic mass is 10.2. The predicted octanol–water partition coefficient (Wildman–Crippen LogP) is -0.469. The predicted molar refractivity (Wildman–Crippen MR) is 50.4 cm³/mol. The summed E-state index contributed by atoms with van der Waals surface area (Å²) in [7, 11) is 0. The molecule has 4 heteroatoms. The van der Waals surface area contributed by atoms with E-state index >= 15 is 0 Å². The molecule has 1 amide bonds. The highest BCUT2D eigenvalue weighted by molar-refractivity contribution is 5.73. The van der Waals surface area contributed by atoms with Gasteiger partial charge in [-0.2, -0.15) is 0 Å². The summed E-state index contributed by atoms with van der Waals surface area (Å²) in [6.07, 6.45) is 0. The molecule has 0 radical (unpaired) electrons. The minimum absolute atomic E-state index is 0.149. The van der Waals surface area contributed by atoms with Crippen LogP contribution in [0.3, 0.4) is 0 Å². The Morgan fingerprint density at radius 3 is 2.69 bits per heavy atom. The molecule has 13 heavy (non-hydrogen) atoms. The van der Waals surface area contributed by atoms with Crippen molar-refractivity contribution < 1.29 is 9.90 Å². The summed E-state index contributed by atoms with van der Waals surface area (Å²) in [5.41, 5.74) is 0. The van der Waals surface area contributed by atoms with Gasteiger partial charge in [0.1, 0.15) is 0 Å². The molecule has 0 aromatic heterocycles. The Kier molecular flexibility index (Phi) is 3.69. The highest BCUT2D eigenvalue weighted by Gasteiger charge is 2.24. The van der Waals surface area contributed by atoms with Crippen molar-refractivity contribution in [3.05, 3.63) is 0 Å². The van der Waals surface area contributed by atoms with Gasteiger partial charge in [0.05, 0.1) is 6.61 Å². The molecule has 0 aromatic carbocycles. The molecule has 1 heterocycles. The Hall–Kier alpha value is -0.610. The molecule has 0 bridgehead atoms. The Morgan fingerprint density at radius 2 is 2.23 bits per heavy atom. The summed E-state index contributed by atoms with van der Waals surface area (Å²) in [6, 6.07) is 0.276. The van der Waals surface area contributed by atoms with E-state index in [9.17, 15) is 4.79 Å². The monoisotopic (exact) mass is 186 g/mol. The SMILES string of the molecule is CC(=O)N1CCN(CCO)C[C@H]1C. The van der Waals surface area contributed by atoms with Crippen molar-refractivity contribution in [1.82, 2.24) is 9.80 Å². The smallest absolute Gasteiger partial charge is 0.219 e. The van der Waals surface area contributed by atoms with Gasteiger partial charge < -0.3 is 10.0 Å². The van der Waals surface area contributed by atoms with Gasteiger partial charge in [-0.25, -0.2) is 0 Å². The number of rotatable bonds is 2. The first kappa shape index (κ1) is 10.5. The van der Waals surface area contributed by atoms with Crippen molar-refractivity contribution in [2.75, 3.05) is 32.8 Å². The van der Waals surface area contributed by atoms with E-state index in [1.54, 1.807) is 6.92 Å².